The van der Waals surface area contributed by atoms with E-state index in [2.05, 4.69) is 101 Å². The first kappa shape index (κ1) is 21.5. The summed E-state index contributed by atoms with van der Waals surface area (Å²) in [6, 6.07) is 21.5. The number of para-hydroxylation sites is 1. The molecule has 2 aromatic carbocycles. The molecule has 2 unspecified atom stereocenters. The quantitative estimate of drug-likeness (QED) is 0.322. The highest BCUT2D eigenvalue weighted by Gasteiger charge is 2.27. The Morgan fingerprint density at radius 2 is 1.82 bits per heavy atom. The highest BCUT2D eigenvalue weighted by Crippen LogP contribution is 2.33. The number of allylic oxidation sites excluding steroid dienone is 2. The molecular formula is C31H31NO. The zero-order chi connectivity index (χ0) is 22.9. The Hall–Kier alpha value is -3.39. The van der Waals surface area contributed by atoms with Crippen molar-refractivity contribution in [1.82, 2.24) is 4.98 Å². The lowest BCUT2D eigenvalue weighted by Crippen LogP contribution is -2.33. The van der Waals surface area contributed by atoms with E-state index in [-0.39, 0.29) is 0 Å². The number of hydrogen-bond donors (Lipinski definition) is 0. The molecule has 0 fully saturated rings. The van der Waals surface area contributed by atoms with Gasteiger partial charge in [0.15, 0.2) is 0 Å². The summed E-state index contributed by atoms with van der Waals surface area (Å²) in [6.45, 7) is 8.84. The van der Waals surface area contributed by atoms with E-state index in [0.717, 1.165) is 28.7 Å². The summed E-state index contributed by atoms with van der Waals surface area (Å²) in [7, 11) is 0. The van der Waals surface area contributed by atoms with Crippen molar-refractivity contribution < 1.29 is 4.42 Å². The molecular weight excluding hydrogens is 402 g/mol. The van der Waals surface area contributed by atoms with Gasteiger partial charge in [-0.05, 0) is 54.4 Å². The zero-order valence-corrected chi connectivity index (χ0v) is 19.9. The monoisotopic (exact) mass is 433 g/mol. The normalized spacial score (nSPS) is 16.9. The van der Waals surface area contributed by atoms with Crippen LogP contribution in [0, 0.1) is 11.8 Å². The fourth-order valence-corrected chi connectivity index (χ4v) is 5.02. The van der Waals surface area contributed by atoms with Crippen LogP contribution in [0.4, 0.5) is 0 Å². The van der Waals surface area contributed by atoms with Crippen molar-refractivity contribution in [2.45, 2.75) is 40.0 Å². The lowest BCUT2D eigenvalue weighted by Gasteiger charge is -2.25. The van der Waals surface area contributed by atoms with Gasteiger partial charge in [-0.1, -0.05) is 87.5 Å². The molecule has 0 amide bonds. The van der Waals surface area contributed by atoms with Gasteiger partial charge in [-0.25, -0.2) is 0 Å². The smallest absolute Gasteiger partial charge is 0.140 e. The largest absolute Gasteiger partial charge is 0.456 e. The van der Waals surface area contributed by atoms with E-state index < -0.39 is 0 Å². The van der Waals surface area contributed by atoms with Crippen molar-refractivity contribution in [2.24, 2.45) is 11.8 Å². The summed E-state index contributed by atoms with van der Waals surface area (Å²) in [6.07, 6.45) is 9.78. The van der Waals surface area contributed by atoms with E-state index in [1.54, 1.807) is 0 Å². The molecule has 0 aliphatic heterocycles. The molecule has 2 aromatic heterocycles. The van der Waals surface area contributed by atoms with Crippen LogP contribution < -0.4 is 10.6 Å². The van der Waals surface area contributed by atoms with Gasteiger partial charge < -0.3 is 4.42 Å². The fraction of sp³-hybridized carbons (Fsp3) is 0.258. The molecule has 2 nitrogen and oxygen atoms in total. The van der Waals surface area contributed by atoms with Gasteiger partial charge in [-0.15, -0.1) is 0 Å². The van der Waals surface area contributed by atoms with E-state index in [9.17, 15) is 0 Å². The summed E-state index contributed by atoms with van der Waals surface area (Å²) in [5.74, 6) is 1.23. The molecule has 2 heterocycles. The van der Waals surface area contributed by atoms with Crippen molar-refractivity contribution >= 4 is 22.6 Å². The van der Waals surface area contributed by atoms with Crippen LogP contribution in [0.1, 0.15) is 51.3 Å². The maximum atomic E-state index is 6.44. The summed E-state index contributed by atoms with van der Waals surface area (Å²) >= 11 is 0. The third-order valence-electron chi connectivity index (χ3n) is 6.88. The molecule has 5 rings (SSSR count). The van der Waals surface area contributed by atoms with Crippen LogP contribution in [0.25, 0.3) is 33.7 Å². The molecule has 33 heavy (non-hydrogen) atoms. The second-order valence-electron chi connectivity index (χ2n) is 9.40. The Morgan fingerprint density at radius 3 is 2.58 bits per heavy atom. The first-order valence-electron chi connectivity index (χ1n) is 12.0. The molecule has 1 aliphatic carbocycles. The van der Waals surface area contributed by atoms with E-state index >= 15 is 0 Å². The van der Waals surface area contributed by atoms with Crippen molar-refractivity contribution in [2.75, 3.05) is 0 Å². The number of nitrogens with zero attached hydrogens (tertiary/aromatic N) is 1. The zero-order valence-electron chi connectivity index (χ0n) is 19.9. The summed E-state index contributed by atoms with van der Waals surface area (Å²) in [5.41, 5.74) is 7.85. The number of fused-ring (bicyclic) bond motifs is 3. The highest BCUT2D eigenvalue weighted by molar-refractivity contribution is 5.82. The number of benzene rings is 2. The average molecular weight is 434 g/mol. The summed E-state index contributed by atoms with van der Waals surface area (Å²) < 4.78 is 6.44. The minimum absolute atomic E-state index is 0.330. The Morgan fingerprint density at radius 1 is 0.970 bits per heavy atom. The maximum absolute atomic E-state index is 6.44. The number of pyridine rings is 1. The molecule has 2 atom stereocenters. The van der Waals surface area contributed by atoms with Gasteiger partial charge in [0.2, 0.25) is 0 Å². The van der Waals surface area contributed by atoms with Crippen LogP contribution in [-0.4, -0.2) is 4.98 Å². The van der Waals surface area contributed by atoms with Crippen molar-refractivity contribution in [3.8, 4) is 11.1 Å². The minimum atomic E-state index is 0.330. The molecule has 0 spiro atoms. The summed E-state index contributed by atoms with van der Waals surface area (Å²) in [4.78, 5) is 4.98. The maximum Gasteiger partial charge on any atom is 0.140 e. The number of aromatic nitrogens is 1. The highest BCUT2D eigenvalue weighted by atomic mass is 16.3. The summed E-state index contributed by atoms with van der Waals surface area (Å²) in [5, 5.41) is 2.39. The first-order chi connectivity index (χ1) is 16.1. The molecule has 1 aliphatic rings. The second kappa shape index (κ2) is 8.86. The molecule has 0 bridgehead atoms. The molecule has 166 valence electrons. The lowest BCUT2D eigenvalue weighted by molar-refractivity contribution is 0.505. The minimum Gasteiger partial charge on any atom is -0.456 e. The van der Waals surface area contributed by atoms with Crippen LogP contribution >= 0.6 is 0 Å². The van der Waals surface area contributed by atoms with E-state index in [1.807, 2.05) is 12.3 Å². The van der Waals surface area contributed by atoms with Crippen LogP contribution in [0.2, 0.25) is 0 Å². The number of hydrogen-bond acceptors (Lipinski definition) is 2. The average Bonchev–Trinajstić information content (AvgIpc) is 3.22. The van der Waals surface area contributed by atoms with Gasteiger partial charge >= 0.3 is 0 Å². The Bertz CT molecular complexity index is 1440. The van der Waals surface area contributed by atoms with Gasteiger partial charge in [0.05, 0.1) is 5.69 Å². The van der Waals surface area contributed by atoms with Crippen LogP contribution in [0.15, 0.2) is 83.4 Å². The SMILES string of the molecule is CC=CC(C)C1CC=c2c(oc3ccccc23)=C1c1ccc(-c2cccc(C(C)C)c2)cn1. The molecule has 4 aromatic rings. The van der Waals surface area contributed by atoms with E-state index in [0.29, 0.717) is 17.8 Å². The van der Waals surface area contributed by atoms with Gasteiger partial charge in [-0.3, -0.25) is 4.98 Å². The third-order valence-corrected chi connectivity index (χ3v) is 6.88. The van der Waals surface area contributed by atoms with Crippen molar-refractivity contribution in [3.63, 3.8) is 0 Å². The first-order valence-corrected chi connectivity index (χ1v) is 12.0. The van der Waals surface area contributed by atoms with Gasteiger partial charge in [-0.2, -0.15) is 0 Å². The van der Waals surface area contributed by atoms with Crippen molar-refractivity contribution in [3.05, 3.63) is 101 Å². The Balaban J connectivity index is 1.66. The van der Waals surface area contributed by atoms with Crippen molar-refractivity contribution in [1.29, 1.82) is 0 Å². The van der Waals surface area contributed by atoms with Gasteiger partial charge in [0, 0.05) is 27.9 Å². The molecule has 0 saturated heterocycles. The standard InChI is InChI=1S/C31H31NO/c1-5-9-21(4)25-15-16-27-26-12-6-7-13-29(26)33-31(27)30(25)28-17-14-24(19-32-28)23-11-8-10-22(18-23)20(2)3/h5-14,16-21,25H,15H2,1-4H3. The predicted molar refractivity (Wildman–Crippen MR) is 138 cm³/mol. The van der Waals surface area contributed by atoms with E-state index in [4.69, 9.17) is 9.40 Å². The number of furan rings is 1. The molecule has 0 saturated carbocycles. The Labute approximate surface area is 196 Å². The molecule has 0 N–H and O–H groups in total. The fourth-order valence-electron chi connectivity index (χ4n) is 5.02. The predicted octanol–water partition coefficient (Wildman–Crippen LogP) is 6.83. The van der Waals surface area contributed by atoms with Crippen LogP contribution in [0.3, 0.4) is 0 Å². The van der Waals surface area contributed by atoms with Gasteiger partial charge in [0.25, 0.3) is 0 Å². The topological polar surface area (TPSA) is 26.0 Å². The third kappa shape index (κ3) is 3.95. The molecule has 2 heteroatoms. The van der Waals surface area contributed by atoms with Crippen LogP contribution in [0.5, 0.6) is 0 Å². The molecule has 0 radical (unpaired) electrons. The second-order valence-corrected chi connectivity index (χ2v) is 9.40. The Kier molecular flexibility index (Phi) is 5.76. The lowest BCUT2D eigenvalue weighted by atomic mass is 9.80. The van der Waals surface area contributed by atoms with Crippen LogP contribution in [-0.2, 0) is 0 Å². The van der Waals surface area contributed by atoms with Gasteiger partial charge in [0.1, 0.15) is 11.0 Å². The number of rotatable bonds is 5. The van der Waals surface area contributed by atoms with E-state index in [1.165, 1.54) is 27.3 Å².